The number of fused-ring (bicyclic) bond motifs is 1. The van der Waals surface area contributed by atoms with Gasteiger partial charge in [-0.3, -0.25) is 4.79 Å². The molecule has 1 N–H and O–H groups in total. The van der Waals surface area contributed by atoms with Gasteiger partial charge in [-0.1, -0.05) is 12.1 Å². The summed E-state index contributed by atoms with van der Waals surface area (Å²) >= 11 is 0. The third kappa shape index (κ3) is 2.67. The Labute approximate surface area is 121 Å². The molecule has 2 aromatic rings. The van der Waals surface area contributed by atoms with Crippen LogP contribution in [0.3, 0.4) is 0 Å². The third-order valence-corrected chi connectivity index (χ3v) is 3.79. The van der Waals surface area contributed by atoms with Crippen molar-refractivity contribution in [3.63, 3.8) is 0 Å². The van der Waals surface area contributed by atoms with Gasteiger partial charge in [0.05, 0.1) is 24.5 Å². The van der Waals surface area contributed by atoms with Crippen molar-refractivity contribution in [3.8, 4) is 0 Å². The summed E-state index contributed by atoms with van der Waals surface area (Å²) in [7, 11) is 0. The molecule has 1 aliphatic heterocycles. The largest absolute Gasteiger partial charge is 0.478 e. The number of rotatable bonds is 3. The Hall–Kier alpha value is -2.56. The lowest BCUT2D eigenvalue weighted by atomic mass is 9.94. The van der Waals surface area contributed by atoms with Gasteiger partial charge in [-0.15, -0.1) is 0 Å². The van der Waals surface area contributed by atoms with Crippen LogP contribution in [0.25, 0.3) is 0 Å². The van der Waals surface area contributed by atoms with Crippen LogP contribution in [0.4, 0.5) is 0 Å². The average molecular weight is 285 g/mol. The van der Waals surface area contributed by atoms with Crippen LogP contribution >= 0.6 is 0 Å². The van der Waals surface area contributed by atoms with Crippen molar-refractivity contribution in [2.45, 2.75) is 19.4 Å². The van der Waals surface area contributed by atoms with Crippen molar-refractivity contribution in [3.05, 3.63) is 59.0 Å². The number of carbonyl (C=O) groups excluding carboxylic acids is 1. The van der Waals surface area contributed by atoms with E-state index in [-0.39, 0.29) is 17.9 Å². The third-order valence-electron chi connectivity index (χ3n) is 3.79. The normalized spacial score (nSPS) is 13.8. The second-order valence-corrected chi connectivity index (χ2v) is 5.12. The number of carboxylic acids is 1. The minimum Gasteiger partial charge on any atom is -0.478 e. The molecule has 0 saturated carbocycles. The van der Waals surface area contributed by atoms with Gasteiger partial charge < -0.3 is 14.4 Å². The molecule has 21 heavy (non-hydrogen) atoms. The molecular formula is C16H15NO4. The Balaban J connectivity index is 1.80. The number of hydrogen-bond donors (Lipinski definition) is 1. The van der Waals surface area contributed by atoms with Crippen molar-refractivity contribution in [2.75, 3.05) is 6.54 Å². The minimum absolute atomic E-state index is 0.0118. The van der Waals surface area contributed by atoms with Crippen LogP contribution in [0.15, 0.2) is 41.2 Å². The maximum Gasteiger partial charge on any atom is 0.336 e. The van der Waals surface area contributed by atoms with Gasteiger partial charge in [-0.2, -0.15) is 0 Å². The molecule has 1 aromatic carbocycles. The number of carboxylic acid groups (broad SMARTS) is 1. The predicted molar refractivity (Wildman–Crippen MR) is 74.9 cm³/mol. The Kier molecular flexibility index (Phi) is 3.48. The van der Waals surface area contributed by atoms with Crippen LogP contribution in [0.2, 0.25) is 0 Å². The topological polar surface area (TPSA) is 70.8 Å². The molecule has 1 amide bonds. The molecule has 0 radical (unpaired) electrons. The highest BCUT2D eigenvalue weighted by atomic mass is 16.4. The first-order valence-electron chi connectivity index (χ1n) is 6.78. The fraction of sp³-hybridized carbons (Fsp3) is 0.250. The number of aromatic carboxylic acids is 1. The van der Waals surface area contributed by atoms with Gasteiger partial charge in [0.2, 0.25) is 5.91 Å². The Morgan fingerprint density at radius 2 is 2.14 bits per heavy atom. The van der Waals surface area contributed by atoms with E-state index in [2.05, 4.69) is 0 Å². The summed E-state index contributed by atoms with van der Waals surface area (Å²) < 4.78 is 4.96. The van der Waals surface area contributed by atoms with Crippen LogP contribution in [0.1, 0.15) is 27.0 Å². The molecule has 0 saturated heterocycles. The zero-order chi connectivity index (χ0) is 14.8. The molecule has 0 unspecified atom stereocenters. The fourth-order valence-electron chi connectivity index (χ4n) is 2.67. The van der Waals surface area contributed by atoms with Gasteiger partial charge in [-0.05, 0) is 35.2 Å². The first kappa shape index (κ1) is 13.4. The van der Waals surface area contributed by atoms with Crippen LogP contribution in [-0.2, 0) is 24.2 Å². The monoisotopic (exact) mass is 285 g/mol. The summed E-state index contributed by atoms with van der Waals surface area (Å²) in [5, 5.41) is 9.26. The molecule has 5 nitrogen and oxygen atoms in total. The molecule has 0 aliphatic carbocycles. The van der Waals surface area contributed by atoms with Crippen LogP contribution in [-0.4, -0.2) is 28.4 Å². The Bertz CT molecular complexity index is 676. The van der Waals surface area contributed by atoms with E-state index in [1.165, 1.54) is 6.26 Å². The maximum atomic E-state index is 12.3. The van der Waals surface area contributed by atoms with Crippen LogP contribution in [0.5, 0.6) is 0 Å². The molecule has 0 fully saturated rings. The van der Waals surface area contributed by atoms with Crippen molar-refractivity contribution in [1.82, 2.24) is 4.90 Å². The van der Waals surface area contributed by atoms with E-state index in [1.807, 2.05) is 6.07 Å². The number of hydrogen-bond acceptors (Lipinski definition) is 3. The summed E-state index contributed by atoms with van der Waals surface area (Å²) in [6.45, 7) is 0.973. The first-order chi connectivity index (χ1) is 10.1. The number of furan rings is 1. The highest BCUT2D eigenvalue weighted by Crippen LogP contribution is 2.23. The summed E-state index contributed by atoms with van der Waals surface area (Å²) in [5.41, 5.74) is 2.88. The van der Waals surface area contributed by atoms with Crippen LogP contribution in [0, 0.1) is 0 Å². The molecule has 1 aliphatic rings. The molecule has 0 bridgehead atoms. The van der Waals surface area contributed by atoms with E-state index >= 15 is 0 Å². The smallest absolute Gasteiger partial charge is 0.336 e. The van der Waals surface area contributed by atoms with Gasteiger partial charge in [0, 0.05) is 13.1 Å². The van der Waals surface area contributed by atoms with E-state index < -0.39 is 5.97 Å². The second kappa shape index (κ2) is 5.44. The lowest BCUT2D eigenvalue weighted by Crippen LogP contribution is -2.37. The lowest BCUT2D eigenvalue weighted by molar-refractivity contribution is -0.131. The van der Waals surface area contributed by atoms with E-state index in [0.29, 0.717) is 19.5 Å². The van der Waals surface area contributed by atoms with Gasteiger partial charge in [0.15, 0.2) is 0 Å². The molecule has 0 atom stereocenters. The molecule has 1 aromatic heterocycles. The second-order valence-electron chi connectivity index (χ2n) is 5.12. The summed E-state index contributed by atoms with van der Waals surface area (Å²) in [6, 6.07) is 7.04. The number of nitrogens with zero attached hydrogens (tertiary/aromatic N) is 1. The van der Waals surface area contributed by atoms with Crippen molar-refractivity contribution in [1.29, 1.82) is 0 Å². The Morgan fingerprint density at radius 1 is 1.29 bits per heavy atom. The van der Waals surface area contributed by atoms with Gasteiger partial charge >= 0.3 is 5.97 Å². The summed E-state index contributed by atoms with van der Waals surface area (Å²) in [4.78, 5) is 25.3. The highest BCUT2D eigenvalue weighted by Gasteiger charge is 2.24. The van der Waals surface area contributed by atoms with E-state index in [1.54, 1.807) is 29.4 Å². The Morgan fingerprint density at radius 3 is 2.86 bits per heavy atom. The van der Waals surface area contributed by atoms with Crippen molar-refractivity contribution in [2.24, 2.45) is 0 Å². The van der Waals surface area contributed by atoms with E-state index in [9.17, 15) is 14.7 Å². The predicted octanol–water partition coefficient (Wildman–Crippen LogP) is 2.11. The molecule has 2 heterocycles. The molecular weight excluding hydrogens is 270 g/mol. The van der Waals surface area contributed by atoms with E-state index in [0.717, 1.165) is 16.7 Å². The summed E-state index contributed by atoms with van der Waals surface area (Å²) in [5.74, 6) is -0.960. The lowest BCUT2D eigenvalue weighted by Gasteiger charge is -2.29. The van der Waals surface area contributed by atoms with Gasteiger partial charge in [-0.25, -0.2) is 4.79 Å². The van der Waals surface area contributed by atoms with Gasteiger partial charge in [0.25, 0.3) is 0 Å². The minimum atomic E-state index is -0.948. The standard InChI is InChI=1S/C16H15NO4/c18-15(8-11-5-7-21-10-11)17-6-4-12-2-1-3-13(16(19)20)14(12)9-17/h1-3,5,7,10H,4,6,8-9H2,(H,19,20). The molecule has 0 spiro atoms. The SMILES string of the molecule is O=C(O)c1cccc2c1CN(C(=O)Cc1ccoc1)CC2. The zero-order valence-electron chi connectivity index (χ0n) is 11.4. The fourth-order valence-corrected chi connectivity index (χ4v) is 2.67. The molecule has 5 heteroatoms. The van der Waals surface area contributed by atoms with Crippen LogP contribution < -0.4 is 0 Å². The number of amides is 1. The highest BCUT2D eigenvalue weighted by molar-refractivity contribution is 5.90. The van der Waals surface area contributed by atoms with E-state index in [4.69, 9.17) is 4.42 Å². The average Bonchev–Trinajstić information content (AvgIpc) is 2.98. The first-order valence-corrected chi connectivity index (χ1v) is 6.78. The molecule has 108 valence electrons. The van der Waals surface area contributed by atoms with Crippen molar-refractivity contribution < 1.29 is 19.1 Å². The molecule has 3 rings (SSSR count). The van der Waals surface area contributed by atoms with Gasteiger partial charge in [0.1, 0.15) is 0 Å². The zero-order valence-corrected chi connectivity index (χ0v) is 11.4. The summed E-state index contributed by atoms with van der Waals surface area (Å²) in [6.07, 6.45) is 4.06. The van der Waals surface area contributed by atoms with Crippen molar-refractivity contribution >= 4 is 11.9 Å². The number of benzene rings is 1. The quantitative estimate of drug-likeness (QED) is 0.937. The maximum absolute atomic E-state index is 12.3. The number of carbonyl (C=O) groups is 2.